The van der Waals surface area contributed by atoms with Crippen LogP contribution in [0.15, 0.2) is 41.6 Å². The number of nitrogens with one attached hydrogen (secondary N) is 2. The van der Waals surface area contributed by atoms with Crippen LogP contribution in [-0.2, 0) is 11.3 Å². The van der Waals surface area contributed by atoms with Gasteiger partial charge in [0.05, 0.1) is 35.2 Å². The maximum absolute atomic E-state index is 13.0. The van der Waals surface area contributed by atoms with Crippen molar-refractivity contribution in [2.24, 2.45) is 5.92 Å². The molecular formula is C26H31Cl2N5O3S. The first-order valence-electron chi connectivity index (χ1n) is 11.9. The minimum Gasteiger partial charge on any atom is -0.495 e. The number of halogens is 2. The van der Waals surface area contributed by atoms with E-state index in [2.05, 4.69) is 34.7 Å². The highest BCUT2D eigenvalue weighted by Gasteiger charge is 2.25. The molecule has 2 N–H and O–H groups in total. The fourth-order valence-corrected chi connectivity index (χ4v) is 5.11. The van der Waals surface area contributed by atoms with Gasteiger partial charge in [0.15, 0.2) is 11.0 Å². The van der Waals surface area contributed by atoms with Crippen molar-refractivity contribution in [3.63, 3.8) is 0 Å². The average molecular weight is 565 g/mol. The summed E-state index contributed by atoms with van der Waals surface area (Å²) in [6, 6.07) is 9.96. The van der Waals surface area contributed by atoms with E-state index in [9.17, 15) is 9.59 Å². The lowest BCUT2D eigenvalue weighted by molar-refractivity contribution is -0.113. The van der Waals surface area contributed by atoms with Gasteiger partial charge >= 0.3 is 0 Å². The molecular weight excluding hydrogens is 533 g/mol. The summed E-state index contributed by atoms with van der Waals surface area (Å²) in [5, 5.41) is 16.0. The van der Waals surface area contributed by atoms with Crippen molar-refractivity contribution in [3.05, 3.63) is 63.4 Å². The Morgan fingerprint density at radius 3 is 2.54 bits per heavy atom. The summed E-state index contributed by atoms with van der Waals surface area (Å²) in [5.74, 6) is 1.12. The Bertz CT molecular complexity index is 1270. The second-order valence-electron chi connectivity index (χ2n) is 8.91. The number of rotatable bonds is 11. The van der Waals surface area contributed by atoms with Gasteiger partial charge in [0, 0.05) is 11.6 Å². The average Bonchev–Trinajstić information content (AvgIpc) is 3.25. The molecule has 1 aromatic heterocycles. The molecule has 11 heteroatoms. The normalized spacial score (nSPS) is 11.9. The lowest BCUT2D eigenvalue weighted by Gasteiger charge is -2.21. The van der Waals surface area contributed by atoms with E-state index in [1.165, 1.54) is 17.8 Å². The molecule has 0 aliphatic rings. The first kappa shape index (κ1) is 28.8. The van der Waals surface area contributed by atoms with Gasteiger partial charge in [-0.15, -0.1) is 10.2 Å². The first-order chi connectivity index (χ1) is 17.6. The first-order valence-corrected chi connectivity index (χ1v) is 13.6. The molecule has 0 radical (unpaired) electrons. The van der Waals surface area contributed by atoms with Crippen molar-refractivity contribution in [3.8, 4) is 5.75 Å². The lowest BCUT2D eigenvalue weighted by atomic mass is 10.0. The van der Waals surface area contributed by atoms with Gasteiger partial charge in [0.2, 0.25) is 5.91 Å². The van der Waals surface area contributed by atoms with Crippen LogP contribution in [-0.4, -0.2) is 39.4 Å². The van der Waals surface area contributed by atoms with Gasteiger partial charge in [-0.3, -0.25) is 9.59 Å². The number of anilines is 1. The van der Waals surface area contributed by atoms with Crippen molar-refractivity contribution in [2.45, 2.75) is 51.9 Å². The highest BCUT2D eigenvalue weighted by molar-refractivity contribution is 7.99. The number of hydrogen-bond acceptors (Lipinski definition) is 6. The summed E-state index contributed by atoms with van der Waals surface area (Å²) in [4.78, 5) is 25.7. The maximum Gasteiger partial charge on any atom is 0.253 e. The van der Waals surface area contributed by atoms with E-state index in [4.69, 9.17) is 27.9 Å². The minimum atomic E-state index is -0.397. The van der Waals surface area contributed by atoms with Gasteiger partial charge in [-0.2, -0.15) is 0 Å². The molecule has 0 bridgehead atoms. The second-order valence-corrected chi connectivity index (χ2v) is 10.7. The van der Waals surface area contributed by atoms with Crippen LogP contribution in [0.3, 0.4) is 0 Å². The number of aromatic nitrogens is 3. The number of benzene rings is 2. The SMILES string of the molecule is CCn1c(SCC(=O)Nc2cc(C)ccc2OC)nnc1[C@@H](CC(C)C)NC(=O)c1ccc(Cl)cc1Cl. The van der Waals surface area contributed by atoms with Crippen molar-refractivity contribution >= 4 is 52.5 Å². The third-order valence-corrected chi connectivity index (χ3v) is 7.04. The monoisotopic (exact) mass is 563 g/mol. The molecule has 37 heavy (non-hydrogen) atoms. The number of methoxy groups -OCH3 is 1. The number of aryl methyl sites for hydroxylation is 1. The van der Waals surface area contributed by atoms with Crippen LogP contribution in [0.1, 0.15) is 55.0 Å². The molecule has 1 atom stereocenters. The van der Waals surface area contributed by atoms with Crippen LogP contribution in [0, 0.1) is 12.8 Å². The number of amides is 2. The molecule has 3 rings (SSSR count). The maximum atomic E-state index is 13.0. The van der Waals surface area contributed by atoms with Crippen LogP contribution >= 0.6 is 35.0 Å². The smallest absolute Gasteiger partial charge is 0.253 e. The van der Waals surface area contributed by atoms with Crippen LogP contribution in [0.25, 0.3) is 0 Å². The molecule has 1 heterocycles. The third kappa shape index (κ3) is 7.63. The summed E-state index contributed by atoms with van der Waals surface area (Å²) < 4.78 is 7.26. The summed E-state index contributed by atoms with van der Waals surface area (Å²) in [6.45, 7) is 8.63. The Morgan fingerprint density at radius 2 is 1.89 bits per heavy atom. The summed E-state index contributed by atoms with van der Waals surface area (Å²) in [6.07, 6.45) is 0.646. The Labute approximate surface area is 231 Å². The zero-order valence-corrected chi connectivity index (χ0v) is 23.8. The van der Waals surface area contributed by atoms with E-state index in [1.807, 2.05) is 36.6 Å². The molecule has 0 fully saturated rings. The Kier molecular flexibility index (Phi) is 10.3. The van der Waals surface area contributed by atoms with Crippen molar-refractivity contribution in [1.29, 1.82) is 0 Å². The zero-order chi connectivity index (χ0) is 27.1. The molecule has 0 aliphatic carbocycles. The third-order valence-electron chi connectivity index (χ3n) is 5.52. The van der Waals surface area contributed by atoms with Crippen molar-refractivity contribution in [1.82, 2.24) is 20.1 Å². The fraction of sp³-hybridized carbons (Fsp3) is 0.385. The Morgan fingerprint density at radius 1 is 1.14 bits per heavy atom. The minimum absolute atomic E-state index is 0.136. The van der Waals surface area contributed by atoms with Crippen LogP contribution < -0.4 is 15.4 Å². The number of nitrogens with zero attached hydrogens (tertiary/aromatic N) is 3. The fourth-order valence-electron chi connectivity index (χ4n) is 3.81. The molecule has 0 saturated carbocycles. The molecule has 3 aromatic rings. The van der Waals surface area contributed by atoms with Gasteiger partial charge in [-0.25, -0.2) is 0 Å². The predicted octanol–water partition coefficient (Wildman–Crippen LogP) is 6.17. The molecule has 2 amide bonds. The van der Waals surface area contributed by atoms with Crippen molar-refractivity contribution < 1.29 is 14.3 Å². The van der Waals surface area contributed by atoms with Gasteiger partial charge in [0.1, 0.15) is 5.75 Å². The molecule has 0 spiro atoms. The summed E-state index contributed by atoms with van der Waals surface area (Å²) in [5.41, 5.74) is 1.96. The topological polar surface area (TPSA) is 98.1 Å². The molecule has 0 saturated heterocycles. The quantitative estimate of drug-likeness (QED) is 0.271. The Hall–Kier alpha value is -2.75. The van der Waals surface area contributed by atoms with E-state index in [0.29, 0.717) is 46.0 Å². The molecule has 0 aliphatic heterocycles. The molecule has 8 nitrogen and oxygen atoms in total. The number of thioether (sulfide) groups is 1. The standard InChI is InChI=1S/C26H31Cl2N5O3S/c1-6-33-24(21(11-15(2)3)30-25(35)18-9-8-17(27)13-19(18)28)31-32-26(33)37-14-23(34)29-20-12-16(4)7-10-22(20)36-5/h7-10,12-13,15,21H,6,11,14H2,1-5H3,(H,29,34)(H,30,35)/t21-/m1/s1. The largest absolute Gasteiger partial charge is 0.495 e. The van der Waals surface area contributed by atoms with Crippen LogP contribution in [0.4, 0.5) is 5.69 Å². The van der Waals surface area contributed by atoms with E-state index in [1.54, 1.807) is 19.2 Å². The predicted molar refractivity (Wildman–Crippen MR) is 149 cm³/mol. The molecule has 0 unspecified atom stereocenters. The van der Waals surface area contributed by atoms with Gasteiger partial charge in [-0.05, 0) is 62.1 Å². The van der Waals surface area contributed by atoms with E-state index in [-0.39, 0.29) is 28.5 Å². The van der Waals surface area contributed by atoms with Crippen LogP contribution in [0.5, 0.6) is 5.75 Å². The highest BCUT2D eigenvalue weighted by Crippen LogP contribution is 2.28. The number of ether oxygens (including phenoxy) is 1. The number of carbonyl (C=O) groups excluding carboxylic acids is 2. The van der Waals surface area contributed by atoms with Gasteiger partial charge < -0.3 is 19.9 Å². The second kappa shape index (κ2) is 13.2. The van der Waals surface area contributed by atoms with E-state index < -0.39 is 6.04 Å². The number of hydrogen-bond donors (Lipinski definition) is 2. The van der Waals surface area contributed by atoms with Crippen LogP contribution in [0.2, 0.25) is 10.0 Å². The summed E-state index contributed by atoms with van der Waals surface area (Å²) >= 11 is 13.5. The zero-order valence-electron chi connectivity index (χ0n) is 21.5. The summed E-state index contributed by atoms with van der Waals surface area (Å²) in [7, 11) is 1.56. The lowest BCUT2D eigenvalue weighted by Crippen LogP contribution is -2.32. The van der Waals surface area contributed by atoms with E-state index in [0.717, 1.165) is 5.56 Å². The number of carbonyl (C=O) groups is 2. The van der Waals surface area contributed by atoms with Crippen molar-refractivity contribution in [2.75, 3.05) is 18.2 Å². The van der Waals surface area contributed by atoms with Gasteiger partial charge in [-0.1, -0.05) is 54.9 Å². The molecule has 198 valence electrons. The van der Waals surface area contributed by atoms with E-state index >= 15 is 0 Å². The molecule has 2 aromatic carbocycles. The highest BCUT2D eigenvalue weighted by atomic mass is 35.5. The van der Waals surface area contributed by atoms with Gasteiger partial charge in [0.25, 0.3) is 5.91 Å². The Balaban J connectivity index is 1.76.